The minimum atomic E-state index is -0.267. The zero-order valence-electron chi connectivity index (χ0n) is 12.1. The molecule has 1 aromatic carbocycles. The molecule has 0 fully saturated rings. The largest absolute Gasteiger partial charge is 0.337 e. The van der Waals surface area contributed by atoms with E-state index in [-0.39, 0.29) is 5.82 Å². The number of imidazole rings is 1. The first-order chi connectivity index (χ1) is 10.7. The quantitative estimate of drug-likeness (QED) is 0.754. The number of nitrogens with zero attached hydrogens (tertiary/aromatic N) is 2. The molecule has 22 heavy (non-hydrogen) atoms. The molecule has 0 saturated heterocycles. The van der Waals surface area contributed by atoms with Crippen molar-refractivity contribution in [1.29, 1.82) is 0 Å². The number of H-pyrrole nitrogens is 2. The molecule has 4 nitrogen and oxygen atoms in total. The molecule has 0 spiro atoms. The van der Waals surface area contributed by atoms with Crippen LogP contribution in [0.25, 0.3) is 34.9 Å². The standard InChI is InChI=1S/C17H15FN4/c1-3-5-14-13(4-2)19-17(20-14)16-10-15(21-22-16)11-6-8-12(18)9-7-11/h3-10H,2H2,1H3,(H,19,20)(H,21,22)/b5-3-. The summed E-state index contributed by atoms with van der Waals surface area (Å²) in [5.74, 6) is 0.418. The van der Waals surface area contributed by atoms with Gasteiger partial charge in [0.2, 0.25) is 0 Å². The van der Waals surface area contributed by atoms with Gasteiger partial charge in [-0.15, -0.1) is 0 Å². The minimum absolute atomic E-state index is 0.267. The molecule has 0 aliphatic heterocycles. The second kappa shape index (κ2) is 5.81. The van der Waals surface area contributed by atoms with Crippen LogP contribution < -0.4 is 0 Å². The van der Waals surface area contributed by atoms with E-state index in [1.54, 1.807) is 18.2 Å². The fourth-order valence-corrected chi connectivity index (χ4v) is 2.18. The van der Waals surface area contributed by atoms with Crippen LogP contribution in [-0.4, -0.2) is 20.2 Å². The van der Waals surface area contributed by atoms with E-state index in [1.165, 1.54) is 12.1 Å². The Morgan fingerprint density at radius 3 is 2.68 bits per heavy atom. The van der Waals surface area contributed by atoms with Crippen LogP contribution in [0.4, 0.5) is 4.39 Å². The monoisotopic (exact) mass is 294 g/mol. The Balaban J connectivity index is 1.97. The highest BCUT2D eigenvalue weighted by atomic mass is 19.1. The molecule has 0 radical (unpaired) electrons. The van der Waals surface area contributed by atoms with Crippen molar-refractivity contribution in [3.05, 3.63) is 60.2 Å². The van der Waals surface area contributed by atoms with E-state index in [9.17, 15) is 4.39 Å². The average Bonchev–Trinajstić information content (AvgIpc) is 3.15. The number of allylic oxidation sites excluding steroid dienone is 1. The summed E-state index contributed by atoms with van der Waals surface area (Å²) in [6.45, 7) is 5.71. The highest BCUT2D eigenvalue weighted by Crippen LogP contribution is 2.24. The number of halogens is 1. The fraction of sp³-hybridized carbons (Fsp3) is 0.0588. The van der Waals surface area contributed by atoms with Gasteiger partial charge in [0.25, 0.3) is 0 Å². The molecule has 0 bridgehead atoms. The molecule has 0 amide bonds. The van der Waals surface area contributed by atoms with Gasteiger partial charge in [0.1, 0.15) is 11.5 Å². The molecule has 2 aromatic heterocycles. The van der Waals surface area contributed by atoms with Crippen molar-refractivity contribution in [3.8, 4) is 22.8 Å². The van der Waals surface area contributed by atoms with Gasteiger partial charge in [0.05, 0.1) is 17.1 Å². The lowest BCUT2D eigenvalue weighted by Crippen LogP contribution is -1.80. The molecule has 3 aromatic rings. The van der Waals surface area contributed by atoms with Crippen LogP contribution in [0, 0.1) is 5.82 Å². The molecule has 0 saturated carbocycles. The zero-order chi connectivity index (χ0) is 15.5. The molecule has 110 valence electrons. The van der Waals surface area contributed by atoms with Crippen molar-refractivity contribution < 1.29 is 4.39 Å². The van der Waals surface area contributed by atoms with Crippen LogP contribution >= 0.6 is 0 Å². The summed E-state index contributed by atoms with van der Waals surface area (Å²) in [6, 6.07) is 8.08. The first-order valence-electron chi connectivity index (χ1n) is 6.88. The molecule has 0 unspecified atom stereocenters. The van der Waals surface area contributed by atoms with Gasteiger partial charge in [-0.3, -0.25) is 5.10 Å². The van der Waals surface area contributed by atoms with Crippen molar-refractivity contribution in [2.45, 2.75) is 6.92 Å². The van der Waals surface area contributed by atoms with Crippen molar-refractivity contribution in [2.24, 2.45) is 0 Å². The van der Waals surface area contributed by atoms with Crippen LogP contribution in [0.1, 0.15) is 18.3 Å². The van der Waals surface area contributed by atoms with E-state index in [2.05, 4.69) is 26.7 Å². The summed E-state index contributed by atoms with van der Waals surface area (Å²) in [5, 5.41) is 7.20. The molecule has 0 aliphatic rings. The first kappa shape index (κ1) is 14.0. The number of aromatic amines is 2. The third-order valence-corrected chi connectivity index (χ3v) is 3.26. The van der Waals surface area contributed by atoms with Gasteiger partial charge in [-0.05, 0) is 49.4 Å². The molecule has 2 N–H and O–H groups in total. The fourth-order valence-electron chi connectivity index (χ4n) is 2.18. The van der Waals surface area contributed by atoms with Crippen molar-refractivity contribution in [2.75, 3.05) is 0 Å². The highest BCUT2D eigenvalue weighted by molar-refractivity contribution is 5.68. The lowest BCUT2D eigenvalue weighted by atomic mass is 10.1. The summed E-state index contributed by atoms with van der Waals surface area (Å²) in [6.07, 6.45) is 5.56. The minimum Gasteiger partial charge on any atom is -0.337 e. The number of nitrogens with one attached hydrogen (secondary N) is 2. The third kappa shape index (κ3) is 2.61. The van der Waals surface area contributed by atoms with E-state index < -0.39 is 0 Å². The number of benzene rings is 1. The average molecular weight is 294 g/mol. The highest BCUT2D eigenvalue weighted by Gasteiger charge is 2.11. The van der Waals surface area contributed by atoms with Gasteiger partial charge >= 0.3 is 0 Å². The third-order valence-electron chi connectivity index (χ3n) is 3.26. The van der Waals surface area contributed by atoms with Gasteiger partial charge < -0.3 is 4.98 Å². The number of hydrogen-bond acceptors (Lipinski definition) is 2. The Kier molecular flexibility index (Phi) is 3.70. The zero-order valence-corrected chi connectivity index (χ0v) is 12.1. The SMILES string of the molecule is C=Cc1[nH]c(-c2cc(-c3ccc(F)cc3)n[nH]2)nc1/C=C\C. The molecular formula is C17H15FN4. The second-order valence-electron chi connectivity index (χ2n) is 4.76. The van der Waals surface area contributed by atoms with Crippen LogP contribution in [0.2, 0.25) is 0 Å². The van der Waals surface area contributed by atoms with Gasteiger partial charge in [-0.2, -0.15) is 5.10 Å². The molecule has 0 aliphatic carbocycles. The van der Waals surface area contributed by atoms with E-state index >= 15 is 0 Å². The predicted molar refractivity (Wildman–Crippen MR) is 86.4 cm³/mol. The summed E-state index contributed by atoms with van der Waals surface area (Å²) >= 11 is 0. The smallest absolute Gasteiger partial charge is 0.156 e. The van der Waals surface area contributed by atoms with E-state index in [0.29, 0.717) is 5.82 Å². The van der Waals surface area contributed by atoms with Crippen molar-refractivity contribution in [1.82, 2.24) is 20.2 Å². The number of aromatic nitrogens is 4. The Morgan fingerprint density at radius 1 is 1.23 bits per heavy atom. The molecule has 0 atom stereocenters. The maximum Gasteiger partial charge on any atom is 0.156 e. The summed E-state index contributed by atoms with van der Waals surface area (Å²) in [5.41, 5.74) is 4.02. The van der Waals surface area contributed by atoms with Crippen LogP contribution in [0.15, 0.2) is 43.0 Å². The van der Waals surface area contributed by atoms with E-state index in [0.717, 1.165) is 28.3 Å². The Bertz CT molecular complexity index is 825. The van der Waals surface area contributed by atoms with Crippen molar-refractivity contribution >= 4 is 12.2 Å². The maximum atomic E-state index is 13.0. The van der Waals surface area contributed by atoms with Crippen LogP contribution in [0.5, 0.6) is 0 Å². The Hall–Kier alpha value is -2.95. The number of rotatable bonds is 4. The molecular weight excluding hydrogens is 279 g/mol. The van der Waals surface area contributed by atoms with Crippen molar-refractivity contribution in [3.63, 3.8) is 0 Å². The van der Waals surface area contributed by atoms with Gasteiger partial charge in [-0.25, -0.2) is 9.37 Å². The number of hydrogen-bond donors (Lipinski definition) is 2. The maximum absolute atomic E-state index is 13.0. The van der Waals surface area contributed by atoms with E-state index in [4.69, 9.17) is 0 Å². The first-order valence-corrected chi connectivity index (χ1v) is 6.88. The second-order valence-corrected chi connectivity index (χ2v) is 4.76. The predicted octanol–water partition coefficient (Wildman–Crippen LogP) is 4.28. The molecule has 5 heteroatoms. The lowest BCUT2D eigenvalue weighted by Gasteiger charge is -1.94. The van der Waals surface area contributed by atoms with Gasteiger partial charge in [0, 0.05) is 5.56 Å². The molecule has 2 heterocycles. The summed E-state index contributed by atoms with van der Waals surface area (Å²) < 4.78 is 13.0. The van der Waals surface area contributed by atoms with Gasteiger partial charge in [0.15, 0.2) is 5.82 Å². The van der Waals surface area contributed by atoms with Crippen LogP contribution in [0.3, 0.4) is 0 Å². The van der Waals surface area contributed by atoms with Gasteiger partial charge in [-0.1, -0.05) is 12.7 Å². The van der Waals surface area contributed by atoms with E-state index in [1.807, 2.05) is 25.1 Å². The topological polar surface area (TPSA) is 57.4 Å². The lowest BCUT2D eigenvalue weighted by molar-refractivity contribution is 0.628. The Morgan fingerprint density at radius 2 is 2.00 bits per heavy atom. The Labute approximate surface area is 127 Å². The normalized spacial score (nSPS) is 11.2. The summed E-state index contributed by atoms with van der Waals surface area (Å²) in [4.78, 5) is 7.71. The molecule has 3 rings (SSSR count). The summed E-state index contributed by atoms with van der Waals surface area (Å²) in [7, 11) is 0. The van der Waals surface area contributed by atoms with Crippen LogP contribution in [-0.2, 0) is 0 Å².